The summed E-state index contributed by atoms with van der Waals surface area (Å²) in [5.74, 6) is 1.82. The van der Waals surface area contributed by atoms with Gasteiger partial charge >= 0.3 is 0 Å². The molecule has 0 aliphatic carbocycles. The maximum Gasteiger partial charge on any atom is 0.198 e. The number of fused-ring (bicyclic) bond motifs is 2. The maximum atomic E-state index is 6.19. The minimum atomic E-state index is 0.0627. The number of para-hydroxylation sites is 1. The van der Waals surface area contributed by atoms with Gasteiger partial charge in [-0.1, -0.05) is 29.8 Å². The van der Waals surface area contributed by atoms with Crippen molar-refractivity contribution < 1.29 is 4.74 Å². The average molecular weight is 301 g/mol. The fraction of sp³-hybridized carbons (Fsp3) is 0.267. The molecule has 0 radical (unpaired) electrons. The van der Waals surface area contributed by atoms with Crippen molar-refractivity contribution in [2.24, 2.45) is 0 Å². The van der Waals surface area contributed by atoms with Gasteiger partial charge in [0.2, 0.25) is 0 Å². The van der Waals surface area contributed by atoms with Crippen LogP contribution in [0.4, 0.5) is 0 Å². The average Bonchev–Trinajstić information content (AvgIpc) is 3.08. The molecule has 1 unspecified atom stereocenters. The van der Waals surface area contributed by atoms with Crippen LogP contribution in [0.5, 0.6) is 5.75 Å². The molecule has 0 spiro atoms. The molecule has 0 amide bonds. The van der Waals surface area contributed by atoms with E-state index in [1.54, 1.807) is 0 Å². The first-order valence-corrected chi connectivity index (χ1v) is 7.14. The molecule has 0 saturated heterocycles. The largest absolute Gasteiger partial charge is 0.492 e. The van der Waals surface area contributed by atoms with E-state index in [2.05, 4.69) is 21.2 Å². The molecule has 4 rings (SSSR count). The molecule has 1 atom stereocenters. The van der Waals surface area contributed by atoms with E-state index < -0.39 is 0 Å². The van der Waals surface area contributed by atoms with Crippen molar-refractivity contribution >= 4 is 17.2 Å². The van der Waals surface area contributed by atoms with Crippen LogP contribution in [0.1, 0.15) is 28.7 Å². The molecule has 0 fully saturated rings. The van der Waals surface area contributed by atoms with E-state index in [4.69, 9.17) is 16.3 Å². The number of hydrogen-bond acceptors (Lipinski definition) is 4. The van der Waals surface area contributed by atoms with Crippen LogP contribution in [0.25, 0.3) is 5.65 Å². The fourth-order valence-corrected chi connectivity index (χ4v) is 3.05. The Hall–Kier alpha value is -2.14. The van der Waals surface area contributed by atoms with Crippen LogP contribution in [-0.2, 0) is 0 Å². The molecule has 1 aliphatic heterocycles. The number of ether oxygens (including phenoxy) is 1. The molecule has 2 aromatic heterocycles. The lowest BCUT2D eigenvalue weighted by molar-refractivity contribution is 0.339. The molecule has 3 aromatic rings. The van der Waals surface area contributed by atoms with E-state index in [9.17, 15) is 0 Å². The monoisotopic (exact) mass is 300 g/mol. The van der Waals surface area contributed by atoms with Crippen molar-refractivity contribution in [3.05, 3.63) is 52.2 Å². The summed E-state index contributed by atoms with van der Waals surface area (Å²) in [6.45, 7) is 4.50. The first-order valence-electron chi connectivity index (χ1n) is 6.76. The Morgan fingerprint density at radius 3 is 2.90 bits per heavy atom. The van der Waals surface area contributed by atoms with Gasteiger partial charge in [0.1, 0.15) is 18.2 Å². The van der Waals surface area contributed by atoms with Crippen LogP contribution in [-0.4, -0.2) is 26.2 Å². The summed E-state index contributed by atoms with van der Waals surface area (Å²) in [5.41, 5.74) is 3.61. The molecule has 0 N–H and O–H groups in total. The Balaban J connectivity index is 1.97. The number of aryl methyl sites for hydroxylation is 2. The maximum absolute atomic E-state index is 6.19. The van der Waals surface area contributed by atoms with Crippen molar-refractivity contribution in [2.45, 2.75) is 19.8 Å². The number of halogens is 1. The van der Waals surface area contributed by atoms with Crippen LogP contribution in [0.3, 0.4) is 0 Å². The normalized spacial score (nSPS) is 17.0. The van der Waals surface area contributed by atoms with Gasteiger partial charge in [0.25, 0.3) is 0 Å². The lowest BCUT2D eigenvalue weighted by Crippen LogP contribution is -2.10. The van der Waals surface area contributed by atoms with E-state index in [1.165, 1.54) is 0 Å². The number of benzene rings is 1. The van der Waals surface area contributed by atoms with E-state index in [-0.39, 0.29) is 5.92 Å². The summed E-state index contributed by atoms with van der Waals surface area (Å²) in [4.78, 5) is 4.30. The summed E-state index contributed by atoms with van der Waals surface area (Å²) in [6.07, 6.45) is 0. The molecule has 1 aromatic carbocycles. The van der Waals surface area contributed by atoms with Crippen molar-refractivity contribution in [3.63, 3.8) is 0 Å². The van der Waals surface area contributed by atoms with E-state index in [0.717, 1.165) is 28.5 Å². The second-order valence-corrected chi connectivity index (χ2v) is 5.55. The second kappa shape index (κ2) is 4.43. The molecule has 21 heavy (non-hydrogen) atoms. The standard InChI is InChI=1S/C15H13ClN4O/c1-8-9(2)20-14(18-19-15(20)13(16)17-8)11-7-21-12-6-4-3-5-10(11)12/h3-6,11H,7H2,1-2H3. The SMILES string of the molecule is Cc1nc(Cl)c2nnc(C3COc4ccccc43)n2c1C. The Morgan fingerprint density at radius 1 is 1.24 bits per heavy atom. The second-order valence-electron chi connectivity index (χ2n) is 5.19. The minimum absolute atomic E-state index is 0.0627. The fourth-order valence-electron chi connectivity index (χ4n) is 2.80. The topological polar surface area (TPSA) is 52.3 Å². The first kappa shape index (κ1) is 12.6. The number of aromatic nitrogens is 4. The van der Waals surface area contributed by atoms with E-state index in [1.807, 2.05) is 36.4 Å². The summed E-state index contributed by atoms with van der Waals surface area (Å²) < 4.78 is 7.74. The predicted octanol–water partition coefficient (Wildman–Crippen LogP) is 2.92. The zero-order chi connectivity index (χ0) is 14.6. The van der Waals surface area contributed by atoms with E-state index >= 15 is 0 Å². The number of nitrogens with zero attached hydrogens (tertiary/aromatic N) is 4. The zero-order valence-corrected chi connectivity index (χ0v) is 12.4. The van der Waals surface area contributed by atoms with Crippen molar-refractivity contribution in [1.82, 2.24) is 19.6 Å². The van der Waals surface area contributed by atoms with Gasteiger partial charge in [0.05, 0.1) is 11.6 Å². The minimum Gasteiger partial charge on any atom is -0.492 e. The van der Waals surface area contributed by atoms with Crippen molar-refractivity contribution in [3.8, 4) is 5.75 Å². The smallest absolute Gasteiger partial charge is 0.198 e. The molecule has 6 heteroatoms. The lowest BCUT2D eigenvalue weighted by atomic mass is 10.0. The molecule has 106 valence electrons. The Bertz CT molecular complexity index is 858. The van der Waals surface area contributed by atoms with Crippen LogP contribution in [0.2, 0.25) is 5.15 Å². The Kier molecular flexibility index (Phi) is 2.65. The van der Waals surface area contributed by atoms with Gasteiger partial charge in [-0.25, -0.2) is 4.98 Å². The van der Waals surface area contributed by atoms with Gasteiger partial charge in [0.15, 0.2) is 10.8 Å². The highest BCUT2D eigenvalue weighted by Gasteiger charge is 2.30. The van der Waals surface area contributed by atoms with Gasteiger partial charge in [-0.2, -0.15) is 0 Å². The van der Waals surface area contributed by atoms with Gasteiger partial charge in [-0.05, 0) is 19.9 Å². The van der Waals surface area contributed by atoms with Gasteiger partial charge in [-0.15, -0.1) is 10.2 Å². The molecule has 5 nitrogen and oxygen atoms in total. The first-order chi connectivity index (χ1) is 10.2. The molecule has 1 aliphatic rings. The Labute approximate surface area is 126 Å². The highest BCUT2D eigenvalue weighted by atomic mass is 35.5. The number of hydrogen-bond donors (Lipinski definition) is 0. The van der Waals surface area contributed by atoms with Crippen molar-refractivity contribution in [1.29, 1.82) is 0 Å². The van der Waals surface area contributed by atoms with Crippen LogP contribution in [0.15, 0.2) is 24.3 Å². The van der Waals surface area contributed by atoms with Gasteiger partial charge in [0, 0.05) is 11.3 Å². The molecule has 0 saturated carbocycles. The number of rotatable bonds is 1. The van der Waals surface area contributed by atoms with Crippen LogP contribution >= 0.6 is 11.6 Å². The molecule has 0 bridgehead atoms. The van der Waals surface area contributed by atoms with Crippen molar-refractivity contribution in [2.75, 3.05) is 6.61 Å². The molecular formula is C15H13ClN4O. The summed E-state index contributed by atoms with van der Waals surface area (Å²) in [7, 11) is 0. The van der Waals surface area contributed by atoms with Crippen LogP contribution < -0.4 is 4.74 Å². The van der Waals surface area contributed by atoms with E-state index in [0.29, 0.717) is 17.4 Å². The summed E-state index contributed by atoms with van der Waals surface area (Å²) in [6, 6.07) is 8.03. The van der Waals surface area contributed by atoms with Gasteiger partial charge in [-0.3, -0.25) is 4.40 Å². The zero-order valence-electron chi connectivity index (χ0n) is 11.7. The summed E-state index contributed by atoms with van der Waals surface area (Å²) >= 11 is 6.19. The highest BCUT2D eigenvalue weighted by molar-refractivity contribution is 6.32. The third-order valence-corrected chi connectivity index (χ3v) is 4.26. The molecule has 3 heterocycles. The summed E-state index contributed by atoms with van der Waals surface area (Å²) in [5, 5.41) is 8.93. The third-order valence-electron chi connectivity index (χ3n) is 4.01. The third kappa shape index (κ3) is 1.74. The molecular weight excluding hydrogens is 288 g/mol. The quantitative estimate of drug-likeness (QED) is 0.693. The Morgan fingerprint density at radius 2 is 2.05 bits per heavy atom. The predicted molar refractivity (Wildman–Crippen MR) is 79.0 cm³/mol. The highest BCUT2D eigenvalue weighted by Crippen LogP contribution is 2.37. The van der Waals surface area contributed by atoms with Crippen LogP contribution in [0, 0.1) is 13.8 Å². The van der Waals surface area contributed by atoms with Gasteiger partial charge < -0.3 is 4.74 Å². The lowest BCUT2D eigenvalue weighted by Gasteiger charge is -2.11.